The van der Waals surface area contributed by atoms with Crippen LogP contribution in [0.4, 0.5) is 10.5 Å². The van der Waals surface area contributed by atoms with Crippen LogP contribution >= 0.6 is 0 Å². The number of benzene rings is 2. The topological polar surface area (TPSA) is 58.6 Å². The van der Waals surface area contributed by atoms with E-state index in [0.717, 1.165) is 24.2 Å². The average Bonchev–Trinajstić information content (AvgIpc) is 3.45. The second kappa shape index (κ2) is 7.38. The van der Waals surface area contributed by atoms with Crippen LogP contribution in [0, 0.1) is 0 Å². The number of methoxy groups -OCH3 is 1. The normalized spacial score (nSPS) is 13.2. The second-order valence-corrected chi connectivity index (χ2v) is 6.27. The van der Waals surface area contributed by atoms with Crippen molar-refractivity contribution in [1.82, 2.24) is 4.90 Å². The molecule has 130 valence electrons. The van der Waals surface area contributed by atoms with Crippen LogP contribution < -0.4 is 10.1 Å². The van der Waals surface area contributed by atoms with E-state index in [1.54, 1.807) is 31.4 Å². The smallest absolute Gasteiger partial charge is 0.322 e. The van der Waals surface area contributed by atoms with E-state index in [9.17, 15) is 9.59 Å². The zero-order chi connectivity index (χ0) is 17.8. The summed E-state index contributed by atoms with van der Waals surface area (Å²) in [6.45, 7) is 2.06. The molecule has 0 unspecified atom stereocenters. The van der Waals surface area contributed by atoms with Gasteiger partial charge in [-0.25, -0.2) is 4.79 Å². The van der Waals surface area contributed by atoms with Gasteiger partial charge in [0.05, 0.1) is 7.11 Å². The van der Waals surface area contributed by atoms with Crippen LogP contribution in [0.1, 0.15) is 35.7 Å². The molecule has 1 aliphatic rings. The summed E-state index contributed by atoms with van der Waals surface area (Å²) in [7, 11) is 1.63. The maximum Gasteiger partial charge on any atom is 0.322 e. The highest BCUT2D eigenvalue weighted by Crippen LogP contribution is 2.29. The molecule has 0 spiro atoms. The fraction of sp³-hybridized carbons (Fsp3) is 0.300. The van der Waals surface area contributed by atoms with Gasteiger partial charge < -0.3 is 15.0 Å². The number of carbonyl (C=O) groups excluding carboxylic acids is 2. The van der Waals surface area contributed by atoms with E-state index >= 15 is 0 Å². The lowest BCUT2D eigenvalue weighted by atomic mass is 10.1. The molecule has 5 heteroatoms. The molecule has 25 heavy (non-hydrogen) atoms. The number of Topliss-reactive ketones (excluding diaryl/α,β-unsaturated/α-hetero) is 1. The van der Waals surface area contributed by atoms with Crippen LogP contribution in [0.15, 0.2) is 48.5 Å². The number of urea groups is 1. The number of ketones is 1. The monoisotopic (exact) mass is 338 g/mol. The molecule has 0 radical (unpaired) electrons. The molecular formula is C20H22N2O3. The van der Waals surface area contributed by atoms with Gasteiger partial charge >= 0.3 is 6.03 Å². The third kappa shape index (κ3) is 4.38. The van der Waals surface area contributed by atoms with Crippen molar-refractivity contribution in [3.63, 3.8) is 0 Å². The Kier molecular flexibility index (Phi) is 5.03. The second-order valence-electron chi connectivity index (χ2n) is 6.27. The molecule has 0 heterocycles. The van der Waals surface area contributed by atoms with Gasteiger partial charge in [-0.05, 0) is 49.6 Å². The lowest BCUT2D eigenvalue weighted by molar-refractivity contribution is 0.101. The first kappa shape index (κ1) is 17.0. The van der Waals surface area contributed by atoms with Crippen molar-refractivity contribution in [1.29, 1.82) is 0 Å². The Morgan fingerprint density at radius 1 is 1.16 bits per heavy atom. The number of carbonyl (C=O) groups is 2. The predicted octanol–water partition coefficient (Wildman–Crippen LogP) is 4.09. The number of amides is 2. The lowest BCUT2D eigenvalue weighted by Crippen LogP contribution is -2.36. The van der Waals surface area contributed by atoms with Crippen LogP contribution in [-0.2, 0) is 6.54 Å². The molecule has 2 aromatic carbocycles. The van der Waals surface area contributed by atoms with Crippen LogP contribution in [0.5, 0.6) is 5.75 Å². The molecular weight excluding hydrogens is 316 g/mol. The van der Waals surface area contributed by atoms with Crippen molar-refractivity contribution in [2.24, 2.45) is 0 Å². The minimum atomic E-state index is -0.140. The Balaban J connectivity index is 1.70. The summed E-state index contributed by atoms with van der Waals surface area (Å²) in [6.07, 6.45) is 2.05. The predicted molar refractivity (Wildman–Crippen MR) is 97.0 cm³/mol. The number of hydrogen-bond donors (Lipinski definition) is 1. The van der Waals surface area contributed by atoms with E-state index in [2.05, 4.69) is 5.32 Å². The van der Waals surface area contributed by atoms with Crippen LogP contribution in [0.2, 0.25) is 0 Å². The molecule has 3 rings (SSSR count). The number of nitrogens with one attached hydrogen (secondary N) is 1. The van der Waals surface area contributed by atoms with Gasteiger partial charge in [-0.2, -0.15) is 0 Å². The first-order valence-electron chi connectivity index (χ1n) is 8.38. The summed E-state index contributed by atoms with van der Waals surface area (Å²) in [4.78, 5) is 26.1. The summed E-state index contributed by atoms with van der Waals surface area (Å²) in [5.41, 5.74) is 2.28. The zero-order valence-electron chi connectivity index (χ0n) is 14.5. The van der Waals surface area contributed by atoms with Crippen molar-refractivity contribution in [2.75, 3.05) is 12.4 Å². The number of ether oxygens (including phenoxy) is 1. The number of anilines is 1. The quantitative estimate of drug-likeness (QED) is 0.807. The molecule has 1 fully saturated rings. The van der Waals surface area contributed by atoms with Crippen LogP contribution in [0.25, 0.3) is 0 Å². The van der Waals surface area contributed by atoms with Gasteiger partial charge in [0, 0.05) is 23.8 Å². The van der Waals surface area contributed by atoms with Gasteiger partial charge in [0.25, 0.3) is 0 Å². The molecule has 2 amide bonds. The Bertz CT molecular complexity index is 767. The Morgan fingerprint density at radius 2 is 1.88 bits per heavy atom. The van der Waals surface area contributed by atoms with Crippen molar-refractivity contribution >= 4 is 17.5 Å². The van der Waals surface area contributed by atoms with Gasteiger partial charge in [0.2, 0.25) is 0 Å². The summed E-state index contributed by atoms with van der Waals surface area (Å²) in [6, 6.07) is 14.9. The highest BCUT2D eigenvalue weighted by Gasteiger charge is 2.32. The van der Waals surface area contributed by atoms with E-state index in [4.69, 9.17) is 4.74 Å². The number of rotatable bonds is 6. The van der Waals surface area contributed by atoms with Crippen molar-refractivity contribution in [3.05, 3.63) is 59.7 Å². The van der Waals surface area contributed by atoms with E-state index < -0.39 is 0 Å². The molecule has 0 saturated heterocycles. The minimum absolute atomic E-state index is 0.0200. The molecule has 1 aliphatic carbocycles. The van der Waals surface area contributed by atoms with Gasteiger partial charge in [-0.1, -0.05) is 24.3 Å². The number of nitrogens with zero attached hydrogens (tertiary/aromatic N) is 1. The Labute approximate surface area is 147 Å². The van der Waals surface area contributed by atoms with E-state index in [1.165, 1.54) is 6.92 Å². The average molecular weight is 338 g/mol. The maximum absolute atomic E-state index is 12.7. The zero-order valence-corrected chi connectivity index (χ0v) is 14.5. The summed E-state index contributed by atoms with van der Waals surface area (Å²) < 4.78 is 5.17. The molecule has 0 aliphatic heterocycles. The largest absolute Gasteiger partial charge is 0.497 e. The van der Waals surface area contributed by atoms with Crippen molar-refractivity contribution in [2.45, 2.75) is 32.4 Å². The van der Waals surface area contributed by atoms with Gasteiger partial charge in [0.15, 0.2) is 5.78 Å². The highest BCUT2D eigenvalue weighted by molar-refractivity contribution is 5.96. The summed E-state index contributed by atoms with van der Waals surface area (Å²) >= 11 is 0. The summed E-state index contributed by atoms with van der Waals surface area (Å²) in [5.74, 6) is 0.778. The third-order valence-electron chi connectivity index (χ3n) is 4.28. The fourth-order valence-electron chi connectivity index (χ4n) is 2.69. The first-order chi connectivity index (χ1) is 12.1. The van der Waals surface area contributed by atoms with Gasteiger partial charge in [0.1, 0.15) is 5.75 Å². The molecule has 0 aromatic heterocycles. The van der Waals surface area contributed by atoms with E-state index in [-0.39, 0.29) is 17.9 Å². The SMILES string of the molecule is COc1ccc(CN(C(=O)Nc2cccc(C(C)=O)c2)C2CC2)cc1. The van der Waals surface area contributed by atoms with Gasteiger partial charge in [-0.3, -0.25) is 4.79 Å². The first-order valence-corrected chi connectivity index (χ1v) is 8.38. The van der Waals surface area contributed by atoms with E-state index in [1.807, 2.05) is 29.2 Å². The Hall–Kier alpha value is -2.82. The summed E-state index contributed by atoms with van der Waals surface area (Å²) in [5, 5.41) is 2.91. The van der Waals surface area contributed by atoms with Crippen LogP contribution in [0.3, 0.4) is 0 Å². The standard InChI is InChI=1S/C20H22N2O3/c1-14(23)16-4-3-5-17(12-16)21-20(24)22(18-8-9-18)13-15-6-10-19(25-2)11-7-15/h3-7,10-12,18H,8-9,13H2,1-2H3,(H,21,24). The molecule has 1 N–H and O–H groups in total. The molecule has 5 nitrogen and oxygen atoms in total. The third-order valence-corrected chi connectivity index (χ3v) is 4.28. The minimum Gasteiger partial charge on any atom is -0.497 e. The number of hydrogen-bond acceptors (Lipinski definition) is 3. The highest BCUT2D eigenvalue weighted by atomic mass is 16.5. The maximum atomic E-state index is 12.7. The van der Waals surface area contributed by atoms with Gasteiger partial charge in [-0.15, -0.1) is 0 Å². The van der Waals surface area contributed by atoms with Crippen molar-refractivity contribution in [3.8, 4) is 5.75 Å². The Morgan fingerprint density at radius 3 is 2.48 bits per heavy atom. The lowest BCUT2D eigenvalue weighted by Gasteiger charge is -2.23. The molecule has 0 bridgehead atoms. The molecule has 0 atom stereocenters. The fourth-order valence-corrected chi connectivity index (χ4v) is 2.69. The molecule has 1 saturated carbocycles. The van der Waals surface area contributed by atoms with E-state index in [0.29, 0.717) is 17.8 Å². The van der Waals surface area contributed by atoms with Crippen LogP contribution in [-0.4, -0.2) is 29.9 Å². The van der Waals surface area contributed by atoms with Crippen molar-refractivity contribution < 1.29 is 14.3 Å². The molecule has 2 aromatic rings.